The van der Waals surface area contributed by atoms with Crippen molar-refractivity contribution in [3.63, 3.8) is 0 Å². The van der Waals surface area contributed by atoms with Crippen molar-refractivity contribution in [3.05, 3.63) is 0 Å². The fraction of sp³-hybridized carbons (Fsp3) is 0.680. The summed E-state index contributed by atoms with van der Waals surface area (Å²) in [5.74, 6) is -7.55. The molecular formula is C25H46N10O9S. The number of carbonyl (C=O) groups is 7. The summed E-state index contributed by atoms with van der Waals surface area (Å²) in [6.45, 7) is 2.98. The van der Waals surface area contributed by atoms with Crippen molar-refractivity contribution in [1.82, 2.24) is 26.6 Å². The van der Waals surface area contributed by atoms with Crippen LogP contribution in [-0.2, 0) is 33.6 Å². The lowest BCUT2D eigenvalue weighted by Gasteiger charge is -2.26. The van der Waals surface area contributed by atoms with Crippen LogP contribution >= 0.6 is 12.6 Å². The second-order valence-corrected chi connectivity index (χ2v) is 10.5. The smallest absolute Gasteiger partial charge is 0.325 e. The number of nitrogens with two attached hydrogens (primary N) is 4. The maximum absolute atomic E-state index is 13.2. The molecule has 0 saturated carbocycles. The normalized spacial score (nSPS) is 14.7. The Morgan fingerprint density at radius 2 is 1.18 bits per heavy atom. The summed E-state index contributed by atoms with van der Waals surface area (Å²) in [4.78, 5) is 90.5. The predicted molar refractivity (Wildman–Crippen MR) is 166 cm³/mol. The van der Waals surface area contributed by atoms with Gasteiger partial charge in [-0.3, -0.25) is 38.6 Å². The molecule has 0 spiro atoms. The molecule has 6 atom stereocenters. The Hall–Kier alpha value is -4.17. The molecule has 0 rings (SSSR count). The quantitative estimate of drug-likeness (QED) is 0.0225. The molecule has 20 heteroatoms. The lowest BCUT2D eigenvalue weighted by molar-refractivity contribution is -0.143. The molecular weight excluding hydrogens is 616 g/mol. The molecule has 19 nitrogen and oxygen atoms in total. The first-order chi connectivity index (χ1) is 21.0. The molecule has 256 valence electrons. The molecule has 0 aliphatic heterocycles. The van der Waals surface area contributed by atoms with E-state index < -0.39 is 84.1 Å². The molecule has 45 heavy (non-hydrogen) atoms. The number of carboxylic acids is 2. The SMILES string of the molecule is C[C@H](N)C(=O)N[C@@H](CCCCN)C(=O)N[C@@H](CS)C(=O)N[C@@H](CCCN=C(N)N)C(=O)N[C@@H](CC(=O)O)C(=O)N[C@@H](C)C(=O)O. The van der Waals surface area contributed by atoms with Crippen molar-refractivity contribution in [3.8, 4) is 0 Å². The summed E-state index contributed by atoms with van der Waals surface area (Å²) >= 11 is 4.13. The van der Waals surface area contributed by atoms with Gasteiger partial charge in [0.15, 0.2) is 5.96 Å². The third-order valence-corrected chi connectivity index (χ3v) is 6.49. The fourth-order valence-corrected chi connectivity index (χ4v) is 3.86. The van der Waals surface area contributed by atoms with E-state index in [-0.39, 0.29) is 37.5 Å². The average molecular weight is 663 g/mol. The van der Waals surface area contributed by atoms with Crippen molar-refractivity contribution in [2.45, 2.75) is 88.6 Å². The largest absolute Gasteiger partial charge is 0.481 e. The number of carbonyl (C=O) groups excluding carboxylic acids is 5. The molecule has 0 bridgehead atoms. The van der Waals surface area contributed by atoms with Crippen LogP contribution in [0.3, 0.4) is 0 Å². The molecule has 0 radical (unpaired) electrons. The molecule has 0 aromatic rings. The van der Waals surface area contributed by atoms with Gasteiger partial charge in [-0.05, 0) is 52.5 Å². The topological polar surface area (TPSA) is 337 Å². The van der Waals surface area contributed by atoms with Crippen LogP contribution in [0, 0.1) is 0 Å². The second-order valence-electron chi connectivity index (χ2n) is 10.1. The maximum atomic E-state index is 13.2. The molecule has 0 aliphatic rings. The van der Waals surface area contributed by atoms with E-state index >= 15 is 0 Å². The first kappa shape index (κ1) is 40.8. The van der Waals surface area contributed by atoms with E-state index in [0.717, 1.165) is 6.92 Å². The van der Waals surface area contributed by atoms with Gasteiger partial charge in [0.25, 0.3) is 0 Å². The van der Waals surface area contributed by atoms with Crippen LogP contribution in [0.2, 0.25) is 0 Å². The highest BCUT2D eigenvalue weighted by Crippen LogP contribution is 2.06. The summed E-state index contributed by atoms with van der Waals surface area (Å²) in [7, 11) is 0. The number of carboxylic acid groups (broad SMARTS) is 2. The van der Waals surface area contributed by atoms with E-state index in [1.807, 2.05) is 0 Å². The van der Waals surface area contributed by atoms with Gasteiger partial charge in [-0.25, -0.2) is 0 Å². The minimum Gasteiger partial charge on any atom is -0.481 e. The van der Waals surface area contributed by atoms with Crippen molar-refractivity contribution in [2.75, 3.05) is 18.8 Å². The monoisotopic (exact) mass is 662 g/mol. The van der Waals surface area contributed by atoms with Crippen LogP contribution in [0.4, 0.5) is 0 Å². The van der Waals surface area contributed by atoms with E-state index in [2.05, 4.69) is 44.2 Å². The number of nitrogens with zero attached hydrogens (tertiary/aromatic N) is 1. The molecule has 0 heterocycles. The third kappa shape index (κ3) is 17.0. The zero-order chi connectivity index (χ0) is 34.7. The molecule has 0 saturated heterocycles. The summed E-state index contributed by atoms with van der Waals surface area (Å²) in [5, 5.41) is 30.1. The lowest BCUT2D eigenvalue weighted by atomic mass is 10.1. The van der Waals surface area contributed by atoms with Gasteiger partial charge in [-0.15, -0.1) is 0 Å². The molecule has 0 aromatic heterocycles. The predicted octanol–water partition coefficient (Wildman–Crippen LogP) is -4.55. The van der Waals surface area contributed by atoms with E-state index in [1.165, 1.54) is 6.92 Å². The number of hydrogen-bond acceptors (Lipinski definition) is 11. The van der Waals surface area contributed by atoms with Gasteiger partial charge in [0, 0.05) is 12.3 Å². The van der Waals surface area contributed by atoms with E-state index in [4.69, 9.17) is 28.0 Å². The molecule has 0 aliphatic carbocycles. The first-order valence-corrected chi connectivity index (χ1v) is 14.8. The number of nitrogens with one attached hydrogen (secondary N) is 5. The Labute approximate surface area is 265 Å². The Morgan fingerprint density at radius 1 is 0.711 bits per heavy atom. The average Bonchev–Trinajstić information content (AvgIpc) is 2.95. The number of aliphatic imine (C=N–C) groups is 1. The minimum atomic E-state index is -1.70. The van der Waals surface area contributed by atoms with Crippen LogP contribution in [-0.4, -0.2) is 113 Å². The van der Waals surface area contributed by atoms with Gasteiger partial charge in [-0.1, -0.05) is 0 Å². The highest BCUT2D eigenvalue weighted by Gasteiger charge is 2.32. The maximum Gasteiger partial charge on any atom is 0.325 e. The van der Waals surface area contributed by atoms with Gasteiger partial charge < -0.3 is 59.7 Å². The number of thiol groups is 1. The van der Waals surface area contributed by atoms with Crippen molar-refractivity contribution < 1.29 is 43.8 Å². The van der Waals surface area contributed by atoms with Crippen LogP contribution in [0.1, 0.15) is 52.4 Å². The van der Waals surface area contributed by atoms with E-state index in [0.29, 0.717) is 19.4 Å². The number of hydrogen-bond donors (Lipinski definition) is 12. The number of amides is 5. The van der Waals surface area contributed by atoms with Crippen molar-refractivity contribution >= 4 is 60.1 Å². The number of aliphatic carboxylic acids is 2. The van der Waals surface area contributed by atoms with Crippen LogP contribution in [0.5, 0.6) is 0 Å². The molecule has 15 N–H and O–H groups in total. The number of rotatable bonds is 22. The van der Waals surface area contributed by atoms with Gasteiger partial charge in [0.1, 0.15) is 30.2 Å². The van der Waals surface area contributed by atoms with Crippen LogP contribution < -0.4 is 49.5 Å². The molecule has 0 fully saturated rings. The Kier molecular flexibility index (Phi) is 19.5. The zero-order valence-electron chi connectivity index (χ0n) is 25.3. The number of unbranched alkanes of at least 4 members (excludes halogenated alkanes) is 1. The highest BCUT2D eigenvalue weighted by atomic mass is 32.1. The van der Waals surface area contributed by atoms with E-state index in [9.17, 15) is 38.7 Å². The lowest BCUT2D eigenvalue weighted by Crippen LogP contribution is -2.59. The summed E-state index contributed by atoms with van der Waals surface area (Å²) < 4.78 is 0. The molecule has 0 aromatic carbocycles. The van der Waals surface area contributed by atoms with Crippen LogP contribution in [0.25, 0.3) is 0 Å². The van der Waals surface area contributed by atoms with Gasteiger partial charge in [0.05, 0.1) is 12.5 Å². The summed E-state index contributed by atoms with van der Waals surface area (Å²) in [5.41, 5.74) is 21.8. The van der Waals surface area contributed by atoms with E-state index in [1.54, 1.807) is 0 Å². The Morgan fingerprint density at radius 3 is 1.64 bits per heavy atom. The van der Waals surface area contributed by atoms with Gasteiger partial charge >= 0.3 is 11.9 Å². The highest BCUT2D eigenvalue weighted by molar-refractivity contribution is 7.80. The molecule has 0 unspecified atom stereocenters. The summed E-state index contributed by atoms with van der Waals surface area (Å²) in [6, 6.07) is -7.73. The third-order valence-electron chi connectivity index (χ3n) is 6.13. The zero-order valence-corrected chi connectivity index (χ0v) is 26.2. The standard InChI is InChI=1S/C25H46N10O9S/c1-12(27)19(38)32-14(6-3-4-8-26)21(40)35-17(11-45)23(42)33-15(7-5-9-30-25(28)29)20(39)34-16(10-18(36)37)22(41)31-13(2)24(43)44/h12-17,45H,3-11,26-27H2,1-2H3,(H,31,41)(H,32,38)(H,33,42)(H,34,39)(H,35,40)(H,36,37)(H,43,44)(H4,28,29,30)/t12-,13-,14-,15-,16-,17-/m0/s1. The number of guanidine groups is 1. The molecule has 5 amide bonds. The first-order valence-electron chi connectivity index (χ1n) is 14.1. The van der Waals surface area contributed by atoms with Gasteiger partial charge in [0.2, 0.25) is 29.5 Å². The van der Waals surface area contributed by atoms with Gasteiger partial charge in [-0.2, -0.15) is 12.6 Å². The Balaban J connectivity index is 5.93. The van der Waals surface area contributed by atoms with Crippen LogP contribution in [0.15, 0.2) is 4.99 Å². The van der Waals surface area contributed by atoms with Crippen molar-refractivity contribution in [2.24, 2.45) is 27.9 Å². The fourth-order valence-electron chi connectivity index (χ4n) is 3.61. The van der Waals surface area contributed by atoms with Crippen molar-refractivity contribution in [1.29, 1.82) is 0 Å². The second kappa shape index (κ2) is 21.5. The minimum absolute atomic E-state index is 0.0492. The Bertz CT molecular complexity index is 1070. The summed E-state index contributed by atoms with van der Waals surface area (Å²) in [6.07, 6.45) is 0.409.